The summed E-state index contributed by atoms with van der Waals surface area (Å²) in [5.74, 6) is 0.871. The van der Waals surface area contributed by atoms with Gasteiger partial charge in [0, 0.05) is 12.1 Å². The Kier molecular flexibility index (Phi) is 5.59. The van der Waals surface area contributed by atoms with Gasteiger partial charge in [-0.15, -0.1) is 0 Å². The van der Waals surface area contributed by atoms with Crippen LogP contribution in [0.4, 0.5) is 0 Å². The number of morpholine rings is 1. The van der Waals surface area contributed by atoms with Crippen molar-refractivity contribution in [2.45, 2.75) is 32.6 Å². The van der Waals surface area contributed by atoms with Crippen molar-refractivity contribution in [2.24, 2.45) is 0 Å². The maximum absolute atomic E-state index is 12.1. The molecule has 0 unspecified atom stereocenters. The number of rotatable bonds is 5. The molecule has 1 aromatic rings. The number of hydrogen-bond donors (Lipinski definition) is 2. The summed E-state index contributed by atoms with van der Waals surface area (Å²) in [6.45, 7) is 6.87. The summed E-state index contributed by atoms with van der Waals surface area (Å²) in [5, 5.41) is 2.97. The first-order valence-electron chi connectivity index (χ1n) is 7.46. The highest BCUT2D eigenvalue weighted by atomic mass is 16.5. The van der Waals surface area contributed by atoms with Gasteiger partial charge in [0.25, 0.3) is 5.91 Å². The van der Waals surface area contributed by atoms with Crippen molar-refractivity contribution >= 4 is 5.91 Å². The second-order valence-electron chi connectivity index (χ2n) is 5.68. The molecule has 0 bridgehead atoms. The van der Waals surface area contributed by atoms with Crippen LogP contribution in [0, 0.1) is 0 Å². The van der Waals surface area contributed by atoms with Crippen LogP contribution in [0.25, 0.3) is 0 Å². The average molecular weight is 293 g/mol. The zero-order chi connectivity index (χ0) is 15.2. The molecule has 1 aromatic carbocycles. The molecule has 2 atom stereocenters. The van der Waals surface area contributed by atoms with E-state index in [-0.39, 0.29) is 18.1 Å². The van der Waals surface area contributed by atoms with Crippen LogP contribution in [0.5, 0.6) is 5.75 Å². The van der Waals surface area contributed by atoms with E-state index in [2.05, 4.69) is 19.2 Å². The van der Waals surface area contributed by atoms with E-state index < -0.39 is 0 Å². The molecule has 0 aliphatic carbocycles. The molecule has 21 heavy (non-hydrogen) atoms. The van der Waals surface area contributed by atoms with Gasteiger partial charge in [-0.25, -0.2) is 0 Å². The van der Waals surface area contributed by atoms with Crippen molar-refractivity contribution in [3.8, 4) is 5.75 Å². The quantitative estimate of drug-likeness (QED) is 0.804. The van der Waals surface area contributed by atoms with E-state index in [1.807, 2.05) is 24.3 Å². The fourth-order valence-corrected chi connectivity index (χ4v) is 2.87. The minimum atomic E-state index is 0.0669. The maximum atomic E-state index is 12.1. The van der Waals surface area contributed by atoms with E-state index in [0.29, 0.717) is 13.1 Å². The van der Waals surface area contributed by atoms with E-state index in [1.54, 1.807) is 7.11 Å². The molecule has 1 fully saturated rings. The highest BCUT2D eigenvalue weighted by Gasteiger charge is 2.27. The van der Waals surface area contributed by atoms with Crippen LogP contribution < -0.4 is 15.0 Å². The molecule has 5 nitrogen and oxygen atoms in total. The van der Waals surface area contributed by atoms with E-state index in [1.165, 1.54) is 4.90 Å². The number of ether oxygens (including phenoxy) is 2. The third-order valence-electron chi connectivity index (χ3n) is 3.70. The van der Waals surface area contributed by atoms with E-state index in [9.17, 15) is 4.79 Å². The highest BCUT2D eigenvalue weighted by Crippen LogP contribution is 2.16. The van der Waals surface area contributed by atoms with Crippen molar-refractivity contribution in [2.75, 3.05) is 26.7 Å². The minimum absolute atomic E-state index is 0.0669. The van der Waals surface area contributed by atoms with Crippen LogP contribution in [0.3, 0.4) is 0 Å². The molecule has 0 saturated carbocycles. The average Bonchev–Trinajstić information content (AvgIpc) is 2.44. The molecule has 2 N–H and O–H groups in total. The lowest BCUT2D eigenvalue weighted by molar-refractivity contribution is -0.907. The molecule has 0 aromatic heterocycles. The summed E-state index contributed by atoms with van der Waals surface area (Å²) in [4.78, 5) is 13.4. The minimum Gasteiger partial charge on any atom is -0.496 e. The Morgan fingerprint density at radius 3 is 2.67 bits per heavy atom. The molecule has 1 saturated heterocycles. The first-order chi connectivity index (χ1) is 10.1. The Labute approximate surface area is 126 Å². The largest absolute Gasteiger partial charge is 0.496 e. The van der Waals surface area contributed by atoms with Gasteiger partial charge >= 0.3 is 0 Å². The zero-order valence-corrected chi connectivity index (χ0v) is 13.0. The number of carbonyl (C=O) groups excluding carboxylic acids is 1. The number of amides is 1. The fraction of sp³-hybridized carbons (Fsp3) is 0.562. The van der Waals surface area contributed by atoms with Crippen LogP contribution in [0.2, 0.25) is 0 Å². The Morgan fingerprint density at radius 1 is 1.33 bits per heavy atom. The third-order valence-corrected chi connectivity index (χ3v) is 3.70. The van der Waals surface area contributed by atoms with Gasteiger partial charge < -0.3 is 19.7 Å². The van der Waals surface area contributed by atoms with Gasteiger partial charge in [-0.2, -0.15) is 0 Å². The van der Waals surface area contributed by atoms with Gasteiger partial charge in [0.2, 0.25) is 0 Å². The van der Waals surface area contributed by atoms with Gasteiger partial charge in [0.15, 0.2) is 6.54 Å². The lowest BCUT2D eigenvalue weighted by Gasteiger charge is -2.31. The second kappa shape index (κ2) is 7.43. The summed E-state index contributed by atoms with van der Waals surface area (Å²) in [6.07, 6.45) is 0.427. The fourth-order valence-electron chi connectivity index (χ4n) is 2.87. The Balaban J connectivity index is 1.82. The monoisotopic (exact) mass is 293 g/mol. The van der Waals surface area contributed by atoms with Gasteiger partial charge in [-0.05, 0) is 19.9 Å². The van der Waals surface area contributed by atoms with Crippen LogP contribution in [0.15, 0.2) is 24.3 Å². The Morgan fingerprint density at radius 2 is 2.00 bits per heavy atom. The molecule has 1 amide bonds. The van der Waals surface area contributed by atoms with Crippen molar-refractivity contribution in [1.29, 1.82) is 0 Å². The van der Waals surface area contributed by atoms with Crippen LogP contribution in [-0.4, -0.2) is 44.9 Å². The second-order valence-corrected chi connectivity index (χ2v) is 5.68. The van der Waals surface area contributed by atoms with Crippen molar-refractivity contribution in [1.82, 2.24) is 5.32 Å². The molecule has 0 radical (unpaired) electrons. The predicted molar refractivity (Wildman–Crippen MR) is 80.4 cm³/mol. The van der Waals surface area contributed by atoms with Gasteiger partial charge in [-0.1, -0.05) is 18.2 Å². The number of para-hydroxylation sites is 1. The molecule has 1 aliphatic rings. The smallest absolute Gasteiger partial charge is 0.275 e. The standard InChI is InChI=1S/C16H24N2O3/c1-12-9-18(10-13(2)21-12)11-16(19)17-8-14-6-4-5-7-15(14)20-3/h4-7,12-13H,8-11H2,1-3H3,(H,17,19)/p+1/t12-,13-/m0/s1. The lowest BCUT2D eigenvalue weighted by Crippen LogP contribution is -3.16. The maximum Gasteiger partial charge on any atom is 0.275 e. The molecule has 1 heterocycles. The summed E-state index contributed by atoms with van der Waals surface area (Å²) in [6, 6.07) is 7.73. The topological polar surface area (TPSA) is 52.0 Å². The number of benzene rings is 1. The molecule has 5 heteroatoms. The number of carbonyl (C=O) groups is 1. The zero-order valence-electron chi connectivity index (χ0n) is 13.0. The van der Waals surface area contributed by atoms with Crippen LogP contribution in [0.1, 0.15) is 19.4 Å². The number of methoxy groups -OCH3 is 1. The molecular weight excluding hydrogens is 268 g/mol. The molecule has 0 spiro atoms. The SMILES string of the molecule is COc1ccccc1CNC(=O)C[NH+]1C[C@H](C)O[C@@H](C)C1. The van der Waals surface area contributed by atoms with Gasteiger partial charge in [0.1, 0.15) is 31.0 Å². The summed E-state index contributed by atoms with van der Waals surface area (Å²) >= 11 is 0. The van der Waals surface area contributed by atoms with Crippen molar-refractivity contribution in [3.63, 3.8) is 0 Å². The third kappa shape index (κ3) is 4.72. The normalized spacial score (nSPS) is 25.4. The van der Waals surface area contributed by atoms with Gasteiger partial charge in [-0.3, -0.25) is 4.79 Å². The highest BCUT2D eigenvalue weighted by molar-refractivity contribution is 5.76. The molecule has 1 aliphatic heterocycles. The van der Waals surface area contributed by atoms with Gasteiger partial charge in [0.05, 0.1) is 7.11 Å². The molecule has 2 rings (SSSR count). The molecular formula is C16H25N2O3+. The van der Waals surface area contributed by atoms with E-state index in [4.69, 9.17) is 9.47 Å². The molecule has 116 valence electrons. The lowest BCUT2D eigenvalue weighted by atomic mass is 10.2. The summed E-state index contributed by atoms with van der Waals surface area (Å²) < 4.78 is 11.0. The predicted octanol–water partition coefficient (Wildman–Crippen LogP) is 0.00350. The van der Waals surface area contributed by atoms with Crippen molar-refractivity contribution < 1.29 is 19.2 Å². The summed E-state index contributed by atoms with van der Waals surface area (Å²) in [7, 11) is 1.64. The number of hydrogen-bond acceptors (Lipinski definition) is 3. The first-order valence-corrected chi connectivity index (χ1v) is 7.46. The van der Waals surface area contributed by atoms with Crippen LogP contribution >= 0.6 is 0 Å². The Bertz CT molecular complexity index is 468. The van der Waals surface area contributed by atoms with E-state index >= 15 is 0 Å². The van der Waals surface area contributed by atoms with E-state index in [0.717, 1.165) is 24.4 Å². The van der Waals surface area contributed by atoms with Crippen molar-refractivity contribution in [3.05, 3.63) is 29.8 Å². The summed E-state index contributed by atoms with van der Waals surface area (Å²) in [5.41, 5.74) is 0.993. The first kappa shape index (κ1) is 15.8. The Hall–Kier alpha value is -1.59. The number of quaternary nitrogens is 1. The van der Waals surface area contributed by atoms with Crippen LogP contribution in [-0.2, 0) is 16.1 Å². The number of nitrogens with one attached hydrogen (secondary N) is 2.